The van der Waals surface area contributed by atoms with Crippen LogP contribution in [0.4, 0.5) is 5.69 Å². The molecule has 0 atom stereocenters. The highest BCUT2D eigenvalue weighted by Crippen LogP contribution is 2.27. The van der Waals surface area contributed by atoms with Crippen LogP contribution in [-0.4, -0.2) is 38.4 Å². The number of hydrogen-bond donors (Lipinski definition) is 1. The maximum absolute atomic E-state index is 12.5. The molecule has 3 aromatic rings. The molecule has 0 spiro atoms. The molecular formula is C20H19N5O4. The number of hydrogen-bond acceptors (Lipinski definition) is 7. The van der Waals surface area contributed by atoms with E-state index in [2.05, 4.69) is 19.9 Å². The van der Waals surface area contributed by atoms with Crippen molar-refractivity contribution in [1.29, 1.82) is 0 Å². The summed E-state index contributed by atoms with van der Waals surface area (Å²) in [6.45, 7) is 1.59. The molecule has 29 heavy (non-hydrogen) atoms. The molecule has 1 N–H and O–H groups in total. The molecular weight excluding hydrogens is 374 g/mol. The van der Waals surface area contributed by atoms with Crippen LogP contribution in [0.25, 0.3) is 11.4 Å². The van der Waals surface area contributed by atoms with E-state index < -0.39 is 4.92 Å². The molecule has 0 amide bonds. The summed E-state index contributed by atoms with van der Waals surface area (Å²) < 4.78 is 5.36. The molecule has 0 aliphatic carbocycles. The van der Waals surface area contributed by atoms with E-state index in [1.54, 1.807) is 30.6 Å². The minimum absolute atomic E-state index is 0.0211. The van der Waals surface area contributed by atoms with Gasteiger partial charge in [0.15, 0.2) is 0 Å². The summed E-state index contributed by atoms with van der Waals surface area (Å²) in [6, 6.07) is 8.15. The van der Waals surface area contributed by atoms with Crippen molar-refractivity contribution >= 4 is 5.69 Å². The molecule has 9 heteroatoms. The molecule has 0 unspecified atom stereocenters. The van der Waals surface area contributed by atoms with Gasteiger partial charge < -0.3 is 9.72 Å². The lowest BCUT2D eigenvalue weighted by molar-refractivity contribution is -0.385. The summed E-state index contributed by atoms with van der Waals surface area (Å²) in [5.41, 5.74) is 2.81. The quantitative estimate of drug-likeness (QED) is 0.522. The molecule has 2 aromatic heterocycles. The topological polar surface area (TPSA) is 114 Å². The van der Waals surface area contributed by atoms with Gasteiger partial charge in [-0.1, -0.05) is 0 Å². The number of nitrogens with zero attached hydrogens (tertiary/aromatic N) is 4. The van der Waals surface area contributed by atoms with Gasteiger partial charge in [0.1, 0.15) is 11.6 Å². The molecule has 0 saturated heterocycles. The summed E-state index contributed by atoms with van der Waals surface area (Å²) in [5.74, 6) is 1.10. The van der Waals surface area contributed by atoms with Gasteiger partial charge in [-0.25, -0.2) is 4.98 Å². The normalized spacial score (nSPS) is 13.7. The van der Waals surface area contributed by atoms with Gasteiger partial charge in [0.2, 0.25) is 0 Å². The second kappa shape index (κ2) is 7.80. The first-order valence-corrected chi connectivity index (χ1v) is 9.11. The van der Waals surface area contributed by atoms with Gasteiger partial charge in [-0.05, 0) is 24.6 Å². The molecule has 0 bridgehead atoms. The largest absolute Gasteiger partial charge is 0.496 e. The average Bonchev–Trinajstić information content (AvgIpc) is 2.74. The van der Waals surface area contributed by atoms with Gasteiger partial charge in [-0.3, -0.25) is 24.8 Å². The van der Waals surface area contributed by atoms with Gasteiger partial charge in [0.25, 0.3) is 11.2 Å². The lowest BCUT2D eigenvalue weighted by Gasteiger charge is -2.28. The molecule has 0 saturated carbocycles. The van der Waals surface area contributed by atoms with Crippen LogP contribution in [-0.2, 0) is 19.5 Å². The van der Waals surface area contributed by atoms with Crippen molar-refractivity contribution in [2.75, 3.05) is 13.7 Å². The maximum atomic E-state index is 12.5. The highest BCUT2D eigenvalue weighted by molar-refractivity contribution is 5.54. The average molecular weight is 393 g/mol. The lowest BCUT2D eigenvalue weighted by Crippen LogP contribution is -2.35. The maximum Gasteiger partial charge on any atom is 0.270 e. The van der Waals surface area contributed by atoms with Crippen molar-refractivity contribution in [2.45, 2.75) is 19.5 Å². The molecule has 4 rings (SSSR count). The molecule has 0 fully saturated rings. The summed E-state index contributed by atoms with van der Waals surface area (Å²) in [6.07, 6.45) is 3.86. The zero-order valence-electron chi connectivity index (χ0n) is 15.8. The number of aromatic amines is 1. The van der Waals surface area contributed by atoms with Gasteiger partial charge >= 0.3 is 0 Å². The Morgan fingerprint density at radius 1 is 1.28 bits per heavy atom. The van der Waals surface area contributed by atoms with Crippen LogP contribution < -0.4 is 10.3 Å². The molecule has 0 radical (unpaired) electrons. The van der Waals surface area contributed by atoms with Gasteiger partial charge in [-0.15, -0.1) is 0 Å². The number of benzene rings is 1. The smallest absolute Gasteiger partial charge is 0.270 e. The van der Waals surface area contributed by atoms with Gasteiger partial charge in [-0.2, -0.15) is 0 Å². The van der Waals surface area contributed by atoms with E-state index in [9.17, 15) is 14.9 Å². The highest BCUT2D eigenvalue weighted by Gasteiger charge is 2.23. The van der Waals surface area contributed by atoms with E-state index in [0.717, 1.165) is 16.8 Å². The van der Waals surface area contributed by atoms with Crippen molar-refractivity contribution in [1.82, 2.24) is 19.9 Å². The Morgan fingerprint density at radius 3 is 2.79 bits per heavy atom. The van der Waals surface area contributed by atoms with Crippen molar-refractivity contribution in [3.8, 4) is 17.1 Å². The third kappa shape index (κ3) is 3.85. The first kappa shape index (κ1) is 18.8. The third-order valence-corrected chi connectivity index (χ3v) is 4.98. The Labute approximate surface area is 166 Å². The van der Waals surface area contributed by atoms with Crippen LogP contribution in [0.1, 0.15) is 16.8 Å². The highest BCUT2D eigenvalue weighted by atomic mass is 16.6. The first-order valence-electron chi connectivity index (χ1n) is 9.11. The zero-order chi connectivity index (χ0) is 20.4. The summed E-state index contributed by atoms with van der Waals surface area (Å²) in [7, 11) is 1.54. The Balaban J connectivity index is 1.62. The van der Waals surface area contributed by atoms with Crippen LogP contribution in [0.5, 0.6) is 5.75 Å². The molecule has 3 heterocycles. The van der Waals surface area contributed by atoms with Gasteiger partial charge in [0, 0.05) is 60.9 Å². The van der Waals surface area contributed by atoms with Crippen molar-refractivity contribution in [3.05, 3.63) is 80.0 Å². The van der Waals surface area contributed by atoms with Crippen LogP contribution in [0.3, 0.4) is 0 Å². The number of ether oxygens (including phenoxy) is 1. The summed E-state index contributed by atoms with van der Waals surface area (Å²) >= 11 is 0. The number of non-ortho nitro benzene ring substituents is 1. The number of rotatable bonds is 5. The predicted molar refractivity (Wildman–Crippen MR) is 106 cm³/mol. The zero-order valence-corrected chi connectivity index (χ0v) is 15.8. The van der Waals surface area contributed by atoms with Crippen molar-refractivity contribution in [2.24, 2.45) is 0 Å². The molecule has 9 nitrogen and oxygen atoms in total. The SMILES string of the molecule is COc1ccc([N+](=O)[O-])cc1CN1CCc2c(nc(-c3ccncc3)[nH]c2=O)C1. The second-order valence-electron chi connectivity index (χ2n) is 6.79. The van der Waals surface area contributed by atoms with E-state index >= 15 is 0 Å². The standard InChI is InChI=1S/C20H19N5O4/c1-29-18-3-2-15(25(27)28)10-14(18)11-24-9-6-16-17(12-24)22-19(23-20(16)26)13-4-7-21-8-5-13/h2-5,7-8,10H,6,9,11-12H2,1H3,(H,22,23,26). The summed E-state index contributed by atoms with van der Waals surface area (Å²) in [5, 5.41) is 11.1. The fourth-order valence-electron chi connectivity index (χ4n) is 3.52. The Kier molecular flexibility index (Phi) is 5.05. The molecule has 1 aromatic carbocycles. The van der Waals surface area contributed by atoms with Crippen molar-refractivity contribution in [3.63, 3.8) is 0 Å². The number of aromatic nitrogens is 3. The fourth-order valence-corrected chi connectivity index (χ4v) is 3.52. The Bertz CT molecular complexity index is 1110. The number of methoxy groups -OCH3 is 1. The van der Waals surface area contributed by atoms with Gasteiger partial charge in [0.05, 0.1) is 17.7 Å². The number of nitrogens with one attached hydrogen (secondary N) is 1. The van der Waals surface area contributed by atoms with E-state index in [1.165, 1.54) is 19.2 Å². The first-order chi connectivity index (χ1) is 14.0. The summed E-state index contributed by atoms with van der Waals surface area (Å²) in [4.78, 5) is 36.8. The number of pyridine rings is 1. The van der Waals surface area contributed by atoms with Crippen LogP contribution in [0.2, 0.25) is 0 Å². The van der Waals surface area contributed by atoms with Crippen LogP contribution in [0, 0.1) is 10.1 Å². The molecule has 1 aliphatic rings. The van der Waals surface area contributed by atoms with E-state index in [4.69, 9.17) is 4.74 Å². The minimum atomic E-state index is -0.420. The Morgan fingerprint density at radius 2 is 2.07 bits per heavy atom. The third-order valence-electron chi connectivity index (χ3n) is 4.98. The fraction of sp³-hybridized carbons (Fsp3) is 0.250. The number of H-pyrrole nitrogens is 1. The van der Waals surface area contributed by atoms with E-state index in [-0.39, 0.29) is 11.2 Å². The monoisotopic (exact) mass is 393 g/mol. The molecule has 1 aliphatic heterocycles. The Hall–Kier alpha value is -3.59. The van der Waals surface area contributed by atoms with Crippen LogP contribution >= 0.6 is 0 Å². The van der Waals surface area contributed by atoms with E-state index in [0.29, 0.717) is 43.2 Å². The molecule has 148 valence electrons. The number of nitro benzene ring substituents is 1. The van der Waals surface area contributed by atoms with Crippen LogP contribution in [0.15, 0.2) is 47.5 Å². The van der Waals surface area contributed by atoms with Crippen molar-refractivity contribution < 1.29 is 9.66 Å². The lowest BCUT2D eigenvalue weighted by atomic mass is 10.0. The second-order valence-corrected chi connectivity index (χ2v) is 6.79. The minimum Gasteiger partial charge on any atom is -0.496 e. The predicted octanol–water partition coefficient (Wildman–Crippen LogP) is 2.31. The number of nitro groups is 1. The number of fused-ring (bicyclic) bond motifs is 1. The van der Waals surface area contributed by atoms with E-state index in [1.807, 2.05) is 0 Å².